The van der Waals surface area contributed by atoms with E-state index in [1.807, 2.05) is 0 Å². The highest BCUT2D eigenvalue weighted by Gasteiger charge is 1.98. The van der Waals surface area contributed by atoms with Crippen LogP contribution in [0.4, 0.5) is 0 Å². The largest absolute Gasteiger partial charge is 0.464 e. The second kappa shape index (κ2) is 17.2. The fraction of sp³-hybridized carbons (Fsp3) is 0.833. The van der Waals surface area contributed by atoms with Crippen LogP contribution < -0.4 is 0 Å². The summed E-state index contributed by atoms with van der Waals surface area (Å²) in [6.45, 7) is 2.17. The van der Waals surface area contributed by atoms with Crippen molar-refractivity contribution >= 4 is 5.97 Å². The molecule has 0 heterocycles. The molecule has 0 aromatic heterocycles. The lowest BCUT2D eigenvalue weighted by atomic mass is 10.1. The summed E-state index contributed by atoms with van der Waals surface area (Å²) in [5.74, 6) is -0.515. The number of esters is 1. The quantitative estimate of drug-likeness (QED) is 0.269. The van der Waals surface area contributed by atoms with E-state index in [4.69, 9.17) is 9.84 Å². The number of carbonyl (C=O) groups is 1. The number of aliphatic hydroxyl groups is 1. The van der Waals surface area contributed by atoms with Gasteiger partial charge in [-0.25, -0.2) is 4.79 Å². The van der Waals surface area contributed by atoms with Gasteiger partial charge in [-0.2, -0.15) is 0 Å². The normalized spacial score (nSPS) is 11.1. The third-order valence-corrected chi connectivity index (χ3v) is 3.55. The molecule has 1 N–H and O–H groups in total. The molecule has 0 aromatic carbocycles. The van der Waals surface area contributed by atoms with E-state index in [-0.39, 0.29) is 0 Å². The number of hydrogen-bond donors (Lipinski definition) is 1. The van der Waals surface area contributed by atoms with Crippen molar-refractivity contribution in [3.8, 4) is 0 Å². The Kier molecular flexibility index (Phi) is 16.5. The van der Waals surface area contributed by atoms with Crippen molar-refractivity contribution in [3.05, 3.63) is 12.2 Å². The highest BCUT2D eigenvalue weighted by molar-refractivity contribution is 5.70. The molecule has 0 aliphatic carbocycles. The molecule has 0 atom stereocenters. The molecule has 0 rings (SSSR count). The summed E-state index contributed by atoms with van der Waals surface area (Å²) in [5.41, 5.74) is 0. The molecule has 0 fully saturated rings. The molecule has 0 bridgehead atoms. The molecule has 0 radical (unpaired) electrons. The second-order valence-corrected chi connectivity index (χ2v) is 5.61. The maximum absolute atomic E-state index is 10.7. The third-order valence-electron chi connectivity index (χ3n) is 3.55. The Labute approximate surface area is 130 Å². The van der Waals surface area contributed by atoms with Crippen LogP contribution in [0.2, 0.25) is 0 Å². The van der Waals surface area contributed by atoms with Gasteiger partial charge in [0.2, 0.25) is 0 Å². The maximum Gasteiger partial charge on any atom is 0.331 e. The van der Waals surface area contributed by atoms with Crippen LogP contribution in [0.3, 0.4) is 0 Å². The predicted octanol–water partition coefficient (Wildman–Crippen LogP) is 4.78. The first kappa shape index (κ1) is 20.2. The van der Waals surface area contributed by atoms with E-state index in [9.17, 15) is 4.79 Å². The van der Waals surface area contributed by atoms with Crippen LogP contribution in [0.1, 0.15) is 84.0 Å². The van der Waals surface area contributed by atoms with Crippen molar-refractivity contribution in [1.82, 2.24) is 0 Å². The van der Waals surface area contributed by atoms with Crippen molar-refractivity contribution in [2.45, 2.75) is 84.0 Å². The molecular weight excluding hydrogens is 264 g/mol. The molecule has 0 amide bonds. The van der Waals surface area contributed by atoms with Crippen LogP contribution in [0.15, 0.2) is 12.2 Å². The Morgan fingerprint density at radius 2 is 1.38 bits per heavy atom. The molecule has 0 saturated heterocycles. The van der Waals surface area contributed by atoms with Gasteiger partial charge in [0.1, 0.15) is 6.61 Å². The van der Waals surface area contributed by atoms with Crippen molar-refractivity contribution in [2.75, 3.05) is 13.2 Å². The molecule has 3 nitrogen and oxygen atoms in total. The van der Waals surface area contributed by atoms with Gasteiger partial charge in [-0.3, -0.25) is 0 Å². The maximum atomic E-state index is 10.7. The molecule has 0 unspecified atom stereocenters. The number of allylic oxidation sites excluding steroid dienone is 2. The summed E-state index contributed by atoms with van der Waals surface area (Å²) >= 11 is 0. The second-order valence-electron chi connectivity index (χ2n) is 5.61. The molecule has 3 heteroatoms. The number of aliphatic hydroxyl groups excluding tert-OH is 1. The predicted molar refractivity (Wildman–Crippen MR) is 88.3 cm³/mol. The molecule has 0 saturated carbocycles. The Bertz CT molecular complexity index is 249. The highest BCUT2D eigenvalue weighted by atomic mass is 16.5. The van der Waals surface area contributed by atoms with Crippen molar-refractivity contribution < 1.29 is 14.6 Å². The fourth-order valence-electron chi connectivity index (χ4n) is 2.21. The van der Waals surface area contributed by atoms with Crippen LogP contribution in [-0.2, 0) is 9.53 Å². The molecular formula is C18H34O3. The van der Waals surface area contributed by atoms with Crippen molar-refractivity contribution in [3.63, 3.8) is 0 Å². The van der Waals surface area contributed by atoms with Crippen LogP contribution >= 0.6 is 0 Å². The van der Waals surface area contributed by atoms with Gasteiger partial charge in [0, 0.05) is 0 Å². The summed E-state index contributed by atoms with van der Waals surface area (Å²) in [4.78, 5) is 10.7. The molecule has 21 heavy (non-hydrogen) atoms. The minimum absolute atomic E-state index is 0.448. The number of hydrogen-bond acceptors (Lipinski definition) is 3. The van der Waals surface area contributed by atoms with Crippen molar-refractivity contribution in [2.24, 2.45) is 0 Å². The molecule has 0 spiro atoms. The summed E-state index contributed by atoms with van der Waals surface area (Å²) < 4.78 is 4.80. The van der Waals surface area contributed by atoms with Crippen molar-refractivity contribution in [1.29, 1.82) is 0 Å². The number of unbranched alkanes of at least 4 members (excludes halogenated alkanes) is 10. The lowest BCUT2D eigenvalue weighted by molar-refractivity contribution is -0.147. The smallest absolute Gasteiger partial charge is 0.331 e. The van der Waals surface area contributed by atoms with Gasteiger partial charge in [0.25, 0.3) is 0 Å². The number of carbonyl (C=O) groups excluding carboxylic acids is 1. The van der Waals surface area contributed by atoms with Crippen LogP contribution in [0, 0.1) is 0 Å². The van der Waals surface area contributed by atoms with Gasteiger partial charge in [-0.1, -0.05) is 70.4 Å². The Hall–Kier alpha value is -0.830. The van der Waals surface area contributed by atoms with Gasteiger partial charge >= 0.3 is 5.97 Å². The van der Waals surface area contributed by atoms with Gasteiger partial charge < -0.3 is 9.84 Å². The summed E-state index contributed by atoms with van der Waals surface area (Å²) in [6, 6.07) is 0. The highest BCUT2D eigenvalue weighted by Crippen LogP contribution is 2.10. The average Bonchev–Trinajstić information content (AvgIpc) is 2.50. The van der Waals surface area contributed by atoms with Crippen LogP contribution in [-0.4, -0.2) is 24.3 Å². The molecule has 0 aliphatic rings. The first-order valence-electron chi connectivity index (χ1n) is 8.72. The lowest BCUT2D eigenvalue weighted by Crippen LogP contribution is -2.09. The summed E-state index contributed by atoms with van der Waals surface area (Å²) in [5, 5.41) is 8.47. The first-order valence-corrected chi connectivity index (χ1v) is 8.72. The fourth-order valence-corrected chi connectivity index (χ4v) is 2.21. The standard InChI is InChI=1S/C18H34O3/c1-2-3-4-5-6-7-8-9-10-11-12-13-14-15-16-21-18(20)17-19/h5-6,19H,2-4,7-17H2,1H3. The van der Waals surface area contributed by atoms with E-state index in [2.05, 4.69) is 19.1 Å². The Balaban J connectivity index is 3.06. The third kappa shape index (κ3) is 17.1. The monoisotopic (exact) mass is 298 g/mol. The zero-order valence-electron chi connectivity index (χ0n) is 13.8. The van der Waals surface area contributed by atoms with E-state index in [1.165, 1.54) is 64.2 Å². The topological polar surface area (TPSA) is 46.5 Å². The summed E-state index contributed by atoms with van der Waals surface area (Å²) in [7, 11) is 0. The van der Waals surface area contributed by atoms with E-state index >= 15 is 0 Å². The minimum atomic E-state index is -0.515. The van der Waals surface area contributed by atoms with Gasteiger partial charge in [-0.15, -0.1) is 0 Å². The Morgan fingerprint density at radius 3 is 1.95 bits per heavy atom. The van der Waals surface area contributed by atoms with Crippen LogP contribution in [0.25, 0.3) is 0 Å². The molecule has 0 aromatic rings. The molecule has 124 valence electrons. The number of rotatable bonds is 15. The Morgan fingerprint density at radius 1 is 0.857 bits per heavy atom. The molecule has 0 aliphatic heterocycles. The minimum Gasteiger partial charge on any atom is -0.464 e. The lowest BCUT2D eigenvalue weighted by Gasteiger charge is -2.03. The van der Waals surface area contributed by atoms with E-state index < -0.39 is 12.6 Å². The van der Waals surface area contributed by atoms with Gasteiger partial charge in [-0.05, 0) is 25.7 Å². The zero-order valence-corrected chi connectivity index (χ0v) is 13.8. The van der Waals surface area contributed by atoms with E-state index in [0.717, 1.165) is 12.8 Å². The SMILES string of the molecule is CCCCC=CCCCCCCCCCCOC(=O)CO. The average molecular weight is 298 g/mol. The first-order chi connectivity index (χ1) is 10.3. The number of ether oxygens (including phenoxy) is 1. The van der Waals surface area contributed by atoms with E-state index in [0.29, 0.717) is 6.61 Å². The summed E-state index contributed by atoms with van der Waals surface area (Å²) in [6.07, 6.45) is 19.6. The van der Waals surface area contributed by atoms with Crippen LogP contribution in [0.5, 0.6) is 0 Å². The van der Waals surface area contributed by atoms with Gasteiger partial charge in [0.15, 0.2) is 0 Å². The van der Waals surface area contributed by atoms with Gasteiger partial charge in [0.05, 0.1) is 6.61 Å². The zero-order chi connectivity index (χ0) is 15.6. The van der Waals surface area contributed by atoms with E-state index in [1.54, 1.807) is 0 Å².